The van der Waals surface area contributed by atoms with Crippen LogP contribution in [0.1, 0.15) is 32.6 Å². The lowest BCUT2D eigenvalue weighted by atomic mass is 9.98. The molecule has 5 heteroatoms. The van der Waals surface area contributed by atoms with Crippen LogP contribution in [0.4, 0.5) is 0 Å². The fourth-order valence-electron chi connectivity index (χ4n) is 1.83. The maximum Gasteiger partial charge on any atom is 0.215 e. The van der Waals surface area contributed by atoms with E-state index in [2.05, 4.69) is 11.9 Å². The van der Waals surface area contributed by atoms with Gasteiger partial charge >= 0.3 is 0 Å². The maximum atomic E-state index is 6.17. The number of benzene rings is 1. The molecule has 0 aliphatic heterocycles. The lowest BCUT2D eigenvalue weighted by molar-refractivity contribution is 0.342. The molecule has 17 heavy (non-hydrogen) atoms. The Kier molecular flexibility index (Phi) is 3.34. The average molecular weight is 273 g/mol. The van der Waals surface area contributed by atoms with Gasteiger partial charge in [-0.2, -0.15) is 0 Å². The van der Waals surface area contributed by atoms with E-state index in [1.807, 2.05) is 6.92 Å². The van der Waals surface area contributed by atoms with Gasteiger partial charge in [0.25, 0.3) is 0 Å². The molecule has 0 fully saturated rings. The Morgan fingerprint density at radius 1 is 1.41 bits per heavy atom. The normalized spacial score (nSPS) is 15.1. The predicted octanol–water partition coefficient (Wildman–Crippen LogP) is 4.11. The highest BCUT2D eigenvalue weighted by molar-refractivity contribution is 6.37. The molecule has 1 atom stereocenters. The van der Waals surface area contributed by atoms with E-state index in [0.717, 1.165) is 12.8 Å². The molecule has 0 bridgehead atoms. The highest BCUT2D eigenvalue weighted by Crippen LogP contribution is 2.32. The molecule has 2 N–H and O–H groups in total. The van der Waals surface area contributed by atoms with Gasteiger partial charge in [-0.15, -0.1) is 0 Å². The summed E-state index contributed by atoms with van der Waals surface area (Å²) in [6.07, 6.45) is 1.76. The molecule has 0 saturated carbocycles. The van der Waals surface area contributed by atoms with Crippen LogP contribution in [0.15, 0.2) is 16.5 Å². The number of hydrogen-bond donors (Lipinski definition) is 1. The van der Waals surface area contributed by atoms with Crippen LogP contribution in [0.2, 0.25) is 10.0 Å². The molecule has 1 unspecified atom stereocenters. The number of halogens is 2. The first-order valence-corrected chi connectivity index (χ1v) is 6.24. The summed E-state index contributed by atoms with van der Waals surface area (Å²) < 4.78 is 5.64. The Labute approximate surface area is 110 Å². The second-order valence-electron chi connectivity index (χ2n) is 4.42. The van der Waals surface area contributed by atoms with Crippen molar-refractivity contribution in [3.63, 3.8) is 0 Å². The van der Waals surface area contributed by atoms with Gasteiger partial charge in [0.15, 0.2) is 5.58 Å². The van der Waals surface area contributed by atoms with Crippen LogP contribution in [-0.4, -0.2) is 4.98 Å². The molecule has 0 saturated heterocycles. The van der Waals surface area contributed by atoms with Crippen LogP contribution in [-0.2, 0) is 5.54 Å². The molecule has 92 valence electrons. The van der Waals surface area contributed by atoms with Crippen LogP contribution in [0.25, 0.3) is 11.1 Å². The molecule has 0 aliphatic carbocycles. The molecule has 1 heterocycles. The Hall–Kier alpha value is -0.770. The molecular formula is C12H14Cl2N2O. The largest absolute Gasteiger partial charge is 0.437 e. The molecular weight excluding hydrogens is 259 g/mol. The van der Waals surface area contributed by atoms with Crippen LogP contribution in [0.5, 0.6) is 0 Å². The molecule has 0 radical (unpaired) electrons. The van der Waals surface area contributed by atoms with Gasteiger partial charge in [-0.1, -0.05) is 36.5 Å². The van der Waals surface area contributed by atoms with E-state index in [1.54, 1.807) is 12.1 Å². The maximum absolute atomic E-state index is 6.17. The Bertz CT molecular complexity index is 549. The van der Waals surface area contributed by atoms with Crippen molar-refractivity contribution in [3.05, 3.63) is 28.1 Å². The first-order chi connectivity index (χ1) is 7.94. The Morgan fingerprint density at radius 2 is 2.12 bits per heavy atom. The fraction of sp³-hybridized carbons (Fsp3) is 0.417. The molecule has 2 aromatic rings. The summed E-state index contributed by atoms with van der Waals surface area (Å²) in [5, 5.41) is 0.995. The van der Waals surface area contributed by atoms with Gasteiger partial charge in [0.1, 0.15) is 5.52 Å². The lowest BCUT2D eigenvalue weighted by Crippen LogP contribution is -2.33. The predicted molar refractivity (Wildman–Crippen MR) is 70.5 cm³/mol. The summed E-state index contributed by atoms with van der Waals surface area (Å²) >= 11 is 12.0. The van der Waals surface area contributed by atoms with E-state index >= 15 is 0 Å². The van der Waals surface area contributed by atoms with Crippen molar-refractivity contribution < 1.29 is 4.42 Å². The summed E-state index contributed by atoms with van der Waals surface area (Å²) in [5.41, 5.74) is 6.77. The van der Waals surface area contributed by atoms with Crippen molar-refractivity contribution in [2.24, 2.45) is 5.73 Å². The fourth-order valence-corrected chi connectivity index (χ4v) is 2.35. The molecule has 1 aromatic heterocycles. The topological polar surface area (TPSA) is 52.0 Å². The highest BCUT2D eigenvalue weighted by Gasteiger charge is 2.27. The van der Waals surface area contributed by atoms with Crippen LogP contribution >= 0.6 is 23.2 Å². The molecule has 0 spiro atoms. The van der Waals surface area contributed by atoms with Gasteiger partial charge in [0, 0.05) is 5.02 Å². The van der Waals surface area contributed by atoms with Crippen molar-refractivity contribution in [2.75, 3.05) is 0 Å². The van der Waals surface area contributed by atoms with E-state index in [0.29, 0.717) is 27.0 Å². The number of fused-ring (bicyclic) bond motifs is 1. The third-order valence-electron chi connectivity index (χ3n) is 2.67. The molecule has 3 nitrogen and oxygen atoms in total. The first kappa shape index (κ1) is 12.7. The highest BCUT2D eigenvalue weighted by atomic mass is 35.5. The number of hydrogen-bond acceptors (Lipinski definition) is 3. The summed E-state index contributed by atoms with van der Waals surface area (Å²) in [7, 11) is 0. The summed E-state index contributed by atoms with van der Waals surface area (Å²) in [6.45, 7) is 3.97. The van der Waals surface area contributed by atoms with Crippen molar-refractivity contribution in [3.8, 4) is 0 Å². The van der Waals surface area contributed by atoms with Crippen molar-refractivity contribution in [1.82, 2.24) is 4.98 Å². The number of oxazole rings is 1. The molecule has 1 aromatic carbocycles. The Balaban J connectivity index is 2.55. The van der Waals surface area contributed by atoms with Crippen LogP contribution in [0, 0.1) is 0 Å². The Morgan fingerprint density at radius 3 is 2.76 bits per heavy atom. The molecule has 0 amide bonds. The van der Waals surface area contributed by atoms with Gasteiger partial charge in [-0.05, 0) is 25.5 Å². The first-order valence-electron chi connectivity index (χ1n) is 5.49. The summed E-state index contributed by atoms with van der Waals surface area (Å²) in [5.74, 6) is 0.499. The van der Waals surface area contributed by atoms with Crippen LogP contribution in [0.3, 0.4) is 0 Å². The monoisotopic (exact) mass is 272 g/mol. The van der Waals surface area contributed by atoms with E-state index in [-0.39, 0.29) is 0 Å². The number of nitrogens with zero attached hydrogens (tertiary/aromatic N) is 1. The summed E-state index contributed by atoms with van der Waals surface area (Å²) in [6, 6.07) is 3.35. The third kappa shape index (κ3) is 2.41. The minimum atomic E-state index is -0.580. The SMILES string of the molecule is CCCC(C)(N)c1nc2cc(Cl)cc(Cl)c2o1. The standard InChI is InChI=1S/C12H14Cl2N2O/c1-3-4-12(2,15)11-16-9-6-7(13)5-8(14)10(9)17-11/h5-6H,3-4,15H2,1-2H3. The zero-order chi connectivity index (χ0) is 12.6. The number of aromatic nitrogens is 1. The van der Waals surface area contributed by atoms with E-state index < -0.39 is 5.54 Å². The molecule has 2 rings (SSSR count). The smallest absolute Gasteiger partial charge is 0.215 e. The average Bonchev–Trinajstić information content (AvgIpc) is 2.62. The minimum Gasteiger partial charge on any atom is -0.437 e. The second-order valence-corrected chi connectivity index (χ2v) is 5.27. The van der Waals surface area contributed by atoms with Gasteiger partial charge in [-0.3, -0.25) is 0 Å². The lowest BCUT2D eigenvalue weighted by Gasteiger charge is -2.19. The van der Waals surface area contributed by atoms with Crippen molar-refractivity contribution >= 4 is 34.3 Å². The zero-order valence-corrected chi connectivity index (χ0v) is 11.3. The number of rotatable bonds is 3. The summed E-state index contributed by atoms with van der Waals surface area (Å²) in [4.78, 5) is 4.36. The zero-order valence-electron chi connectivity index (χ0n) is 9.76. The van der Waals surface area contributed by atoms with Crippen molar-refractivity contribution in [1.29, 1.82) is 0 Å². The van der Waals surface area contributed by atoms with Crippen LogP contribution < -0.4 is 5.73 Å². The van der Waals surface area contributed by atoms with E-state index in [1.165, 1.54) is 0 Å². The molecule has 0 aliphatic rings. The third-order valence-corrected chi connectivity index (χ3v) is 3.17. The second kappa shape index (κ2) is 4.48. The van der Waals surface area contributed by atoms with Gasteiger partial charge in [0.05, 0.1) is 10.6 Å². The van der Waals surface area contributed by atoms with Crippen molar-refractivity contribution in [2.45, 2.75) is 32.2 Å². The van der Waals surface area contributed by atoms with Gasteiger partial charge in [0.2, 0.25) is 5.89 Å². The number of nitrogens with two attached hydrogens (primary N) is 1. The van der Waals surface area contributed by atoms with E-state index in [4.69, 9.17) is 33.4 Å². The van der Waals surface area contributed by atoms with Gasteiger partial charge < -0.3 is 10.2 Å². The van der Waals surface area contributed by atoms with Gasteiger partial charge in [-0.25, -0.2) is 4.98 Å². The quantitative estimate of drug-likeness (QED) is 0.915. The van der Waals surface area contributed by atoms with E-state index in [9.17, 15) is 0 Å². The minimum absolute atomic E-state index is 0.457.